The summed E-state index contributed by atoms with van der Waals surface area (Å²) in [6.45, 7) is 4.39. The smallest absolute Gasteiger partial charge is 0.327 e. The second-order valence-corrected chi connectivity index (χ2v) is 6.65. The maximum Gasteiger partial charge on any atom is 0.327 e. The van der Waals surface area contributed by atoms with Crippen LogP contribution >= 0.6 is 11.8 Å². The Balaban J connectivity index is 1.95. The first kappa shape index (κ1) is 14.5. The first-order chi connectivity index (χ1) is 9.00. The largest absolute Gasteiger partial charge is 0.480 e. The summed E-state index contributed by atoms with van der Waals surface area (Å²) >= 11 is 1.49. The van der Waals surface area contributed by atoms with Gasteiger partial charge >= 0.3 is 12.0 Å². The highest BCUT2D eigenvalue weighted by Gasteiger charge is 2.36. The molecule has 1 aliphatic carbocycles. The number of carboxylic acid groups (broad SMARTS) is 1. The number of aliphatic carboxylic acids is 1. The topological polar surface area (TPSA) is 69.6 Å². The molecule has 5 nitrogen and oxygen atoms in total. The number of amides is 2. The number of carbonyl (C=O) groups excluding carboxylic acids is 1. The highest BCUT2D eigenvalue weighted by molar-refractivity contribution is 7.99. The highest BCUT2D eigenvalue weighted by Crippen LogP contribution is 2.30. The Bertz CT molecular complexity index is 364. The van der Waals surface area contributed by atoms with E-state index in [-0.39, 0.29) is 12.1 Å². The standard InChI is InChI=1S/C13H22N2O3S/c1-8-4-3-5-10(9(8)2)14-13(18)15-7-19-6-11(15)12(16)17/h8-11H,3-7H2,1-2H3,(H,14,18)(H,16,17). The monoisotopic (exact) mass is 286 g/mol. The summed E-state index contributed by atoms with van der Waals surface area (Å²) in [6, 6.07) is -0.721. The molecule has 2 amide bonds. The lowest BCUT2D eigenvalue weighted by Gasteiger charge is -2.35. The van der Waals surface area contributed by atoms with Crippen LogP contribution in [0, 0.1) is 11.8 Å². The molecule has 108 valence electrons. The summed E-state index contributed by atoms with van der Waals surface area (Å²) in [4.78, 5) is 24.8. The van der Waals surface area contributed by atoms with Gasteiger partial charge in [0.15, 0.2) is 0 Å². The molecule has 1 saturated carbocycles. The fraction of sp³-hybridized carbons (Fsp3) is 0.846. The van der Waals surface area contributed by atoms with Crippen LogP contribution in [0.1, 0.15) is 33.1 Å². The van der Waals surface area contributed by atoms with E-state index in [9.17, 15) is 9.59 Å². The zero-order valence-electron chi connectivity index (χ0n) is 11.5. The summed E-state index contributed by atoms with van der Waals surface area (Å²) in [6.07, 6.45) is 3.34. The maximum absolute atomic E-state index is 12.2. The lowest BCUT2D eigenvalue weighted by atomic mass is 9.78. The van der Waals surface area contributed by atoms with Crippen LogP contribution in [0.4, 0.5) is 4.79 Å². The summed E-state index contributed by atoms with van der Waals surface area (Å²) in [7, 11) is 0. The van der Waals surface area contributed by atoms with Gasteiger partial charge in [-0.05, 0) is 18.3 Å². The minimum absolute atomic E-state index is 0.177. The predicted octanol–water partition coefficient (Wildman–Crippen LogP) is 1.98. The third kappa shape index (κ3) is 3.16. The molecule has 1 saturated heterocycles. The van der Waals surface area contributed by atoms with E-state index in [1.807, 2.05) is 0 Å². The van der Waals surface area contributed by atoms with Crippen molar-refractivity contribution in [1.82, 2.24) is 10.2 Å². The molecule has 2 fully saturated rings. The molecule has 2 aliphatic rings. The first-order valence-corrected chi connectivity index (χ1v) is 8.04. The van der Waals surface area contributed by atoms with Gasteiger partial charge in [-0.2, -0.15) is 0 Å². The van der Waals surface area contributed by atoms with E-state index < -0.39 is 12.0 Å². The third-order valence-electron chi connectivity index (χ3n) is 4.44. The zero-order valence-corrected chi connectivity index (χ0v) is 12.3. The fourth-order valence-corrected chi connectivity index (χ4v) is 4.02. The van der Waals surface area contributed by atoms with Gasteiger partial charge in [0.05, 0.1) is 5.88 Å². The van der Waals surface area contributed by atoms with Crippen molar-refractivity contribution in [3.63, 3.8) is 0 Å². The van der Waals surface area contributed by atoms with Gasteiger partial charge in [0.25, 0.3) is 0 Å². The van der Waals surface area contributed by atoms with Crippen molar-refractivity contribution < 1.29 is 14.7 Å². The Morgan fingerprint density at radius 3 is 2.74 bits per heavy atom. The van der Waals surface area contributed by atoms with Crippen LogP contribution in [0.3, 0.4) is 0 Å². The average Bonchev–Trinajstić information content (AvgIpc) is 2.84. The molecule has 0 aromatic carbocycles. The van der Waals surface area contributed by atoms with Gasteiger partial charge in [0.2, 0.25) is 0 Å². The molecule has 6 heteroatoms. The number of thioether (sulfide) groups is 1. The van der Waals surface area contributed by atoms with E-state index >= 15 is 0 Å². The Labute approximate surface area is 118 Å². The second-order valence-electron chi connectivity index (χ2n) is 5.65. The van der Waals surface area contributed by atoms with Crippen LogP contribution in [0.15, 0.2) is 0 Å². The van der Waals surface area contributed by atoms with Crippen molar-refractivity contribution in [2.75, 3.05) is 11.6 Å². The molecule has 0 aromatic heterocycles. The fourth-order valence-electron chi connectivity index (χ4n) is 2.87. The number of nitrogens with zero attached hydrogens (tertiary/aromatic N) is 1. The van der Waals surface area contributed by atoms with Gasteiger partial charge in [-0.25, -0.2) is 9.59 Å². The molecule has 2 rings (SSSR count). The summed E-state index contributed by atoms with van der Waals surface area (Å²) < 4.78 is 0. The normalized spacial score (nSPS) is 35.2. The zero-order chi connectivity index (χ0) is 14.0. The van der Waals surface area contributed by atoms with Crippen molar-refractivity contribution in [3.8, 4) is 0 Å². The lowest BCUT2D eigenvalue weighted by Crippen LogP contribution is -2.52. The molecule has 0 spiro atoms. The van der Waals surface area contributed by atoms with Gasteiger partial charge in [-0.15, -0.1) is 11.8 Å². The molecule has 0 aromatic rings. The lowest BCUT2D eigenvalue weighted by molar-refractivity contribution is -0.140. The van der Waals surface area contributed by atoms with Gasteiger partial charge < -0.3 is 15.3 Å². The molecule has 0 radical (unpaired) electrons. The summed E-state index contributed by atoms with van der Waals surface area (Å²) in [5.74, 6) is 1.11. The number of nitrogens with one attached hydrogen (secondary N) is 1. The molecule has 2 N–H and O–H groups in total. The summed E-state index contributed by atoms with van der Waals surface area (Å²) in [5.41, 5.74) is 0. The highest BCUT2D eigenvalue weighted by atomic mass is 32.2. The van der Waals surface area contributed by atoms with Crippen LogP contribution < -0.4 is 5.32 Å². The van der Waals surface area contributed by atoms with Crippen LogP contribution in [-0.4, -0.2) is 45.7 Å². The first-order valence-electron chi connectivity index (χ1n) is 6.88. The van der Waals surface area contributed by atoms with Gasteiger partial charge in [-0.1, -0.05) is 26.7 Å². The average molecular weight is 286 g/mol. The van der Waals surface area contributed by atoms with Gasteiger partial charge in [0, 0.05) is 11.8 Å². The Morgan fingerprint density at radius 1 is 1.32 bits per heavy atom. The minimum atomic E-state index is -0.912. The Morgan fingerprint density at radius 2 is 2.05 bits per heavy atom. The van der Waals surface area contributed by atoms with E-state index in [1.54, 1.807) is 0 Å². The molecule has 4 unspecified atom stereocenters. The SMILES string of the molecule is CC1CCCC(NC(=O)N2CSCC2C(=O)O)C1C. The third-order valence-corrected chi connectivity index (χ3v) is 5.46. The Kier molecular flexibility index (Phi) is 4.60. The molecular formula is C13H22N2O3S. The van der Waals surface area contributed by atoms with Gasteiger partial charge in [-0.3, -0.25) is 0 Å². The molecule has 19 heavy (non-hydrogen) atoms. The maximum atomic E-state index is 12.2. The number of hydrogen-bond donors (Lipinski definition) is 2. The molecular weight excluding hydrogens is 264 g/mol. The quantitative estimate of drug-likeness (QED) is 0.814. The van der Waals surface area contributed by atoms with Crippen LogP contribution in [0.5, 0.6) is 0 Å². The Hall–Kier alpha value is -0.910. The van der Waals surface area contributed by atoms with E-state index in [2.05, 4.69) is 19.2 Å². The summed E-state index contributed by atoms with van der Waals surface area (Å²) in [5, 5.41) is 12.1. The number of carboxylic acids is 1. The minimum Gasteiger partial charge on any atom is -0.480 e. The van der Waals surface area contributed by atoms with E-state index in [4.69, 9.17) is 5.11 Å². The molecule has 4 atom stereocenters. The van der Waals surface area contributed by atoms with Crippen molar-refractivity contribution in [1.29, 1.82) is 0 Å². The van der Waals surface area contributed by atoms with E-state index in [0.29, 0.717) is 23.5 Å². The van der Waals surface area contributed by atoms with Crippen molar-refractivity contribution >= 4 is 23.8 Å². The van der Waals surface area contributed by atoms with Crippen LogP contribution in [0.2, 0.25) is 0 Å². The van der Waals surface area contributed by atoms with Crippen molar-refractivity contribution in [2.45, 2.75) is 45.2 Å². The number of urea groups is 1. The molecule has 0 bridgehead atoms. The van der Waals surface area contributed by atoms with Crippen molar-refractivity contribution in [2.24, 2.45) is 11.8 Å². The van der Waals surface area contributed by atoms with Crippen molar-refractivity contribution in [3.05, 3.63) is 0 Å². The number of carbonyl (C=O) groups is 2. The number of rotatable bonds is 2. The van der Waals surface area contributed by atoms with E-state index in [0.717, 1.165) is 12.8 Å². The molecule has 1 heterocycles. The predicted molar refractivity (Wildman–Crippen MR) is 75.1 cm³/mol. The number of hydrogen-bond acceptors (Lipinski definition) is 3. The van der Waals surface area contributed by atoms with Gasteiger partial charge in [0.1, 0.15) is 6.04 Å². The molecule has 1 aliphatic heterocycles. The van der Waals surface area contributed by atoms with E-state index in [1.165, 1.54) is 23.1 Å². The second kappa shape index (κ2) is 6.03. The van der Waals surface area contributed by atoms with Crippen LogP contribution in [-0.2, 0) is 4.79 Å². The van der Waals surface area contributed by atoms with Crippen LogP contribution in [0.25, 0.3) is 0 Å².